The first-order valence-corrected chi connectivity index (χ1v) is 10.6. The highest BCUT2D eigenvalue weighted by Crippen LogP contribution is 2.39. The van der Waals surface area contributed by atoms with Crippen LogP contribution in [0.5, 0.6) is 5.75 Å². The minimum absolute atomic E-state index is 0.0648. The summed E-state index contributed by atoms with van der Waals surface area (Å²) in [5.41, 5.74) is 2.20. The van der Waals surface area contributed by atoms with Gasteiger partial charge in [0.05, 0.1) is 24.3 Å². The first kappa shape index (κ1) is 20.5. The van der Waals surface area contributed by atoms with Crippen molar-refractivity contribution < 1.29 is 18.7 Å². The number of amides is 1. The Labute approximate surface area is 177 Å². The fraction of sp³-hybridized carbons (Fsp3) is 0.500. The summed E-state index contributed by atoms with van der Waals surface area (Å²) in [4.78, 5) is 29.7. The monoisotopic (exact) mass is 410 g/mol. The Kier molecular flexibility index (Phi) is 5.12. The maximum absolute atomic E-state index is 13.2. The minimum Gasteiger partial charge on any atom is -0.485 e. The summed E-state index contributed by atoms with van der Waals surface area (Å²) in [6.45, 7) is 10.1. The lowest BCUT2D eigenvalue weighted by Crippen LogP contribution is -2.46. The van der Waals surface area contributed by atoms with Gasteiger partial charge in [-0.15, -0.1) is 0 Å². The quantitative estimate of drug-likeness (QED) is 0.759. The lowest BCUT2D eigenvalue weighted by molar-refractivity contribution is 0.0674. The highest BCUT2D eigenvalue weighted by Gasteiger charge is 2.38. The van der Waals surface area contributed by atoms with Crippen molar-refractivity contribution in [2.24, 2.45) is 5.41 Å². The zero-order chi connectivity index (χ0) is 21.6. The zero-order valence-corrected chi connectivity index (χ0v) is 18.4. The molecule has 0 saturated carbocycles. The number of anilines is 1. The second-order valence-corrected chi connectivity index (χ2v) is 9.23. The third-order valence-electron chi connectivity index (χ3n) is 6.10. The van der Waals surface area contributed by atoms with Crippen molar-refractivity contribution in [3.8, 4) is 5.75 Å². The summed E-state index contributed by atoms with van der Waals surface area (Å²) in [7, 11) is 1.76. The van der Waals surface area contributed by atoms with Crippen molar-refractivity contribution in [3.05, 3.63) is 46.9 Å². The number of para-hydroxylation sites is 2. The Hall–Kier alpha value is -2.76. The van der Waals surface area contributed by atoms with Gasteiger partial charge in [0.25, 0.3) is 5.91 Å². The van der Waals surface area contributed by atoms with Gasteiger partial charge in [0.2, 0.25) is 0 Å². The molecule has 1 aromatic carbocycles. The average Bonchev–Trinajstić information content (AvgIpc) is 3.01. The smallest absolute Gasteiger partial charge is 0.289 e. The molecule has 0 saturated heterocycles. The minimum atomic E-state index is -0.210. The van der Waals surface area contributed by atoms with Gasteiger partial charge in [0.15, 0.2) is 11.5 Å². The maximum atomic E-state index is 13.2. The van der Waals surface area contributed by atoms with Crippen LogP contribution < -0.4 is 9.64 Å². The van der Waals surface area contributed by atoms with Gasteiger partial charge in [0.1, 0.15) is 17.6 Å². The van der Waals surface area contributed by atoms with Crippen molar-refractivity contribution in [3.63, 3.8) is 0 Å². The molecule has 1 aliphatic carbocycles. The number of nitrogens with zero attached hydrogens (tertiary/aromatic N) is 2. The number of carbonyl (C=O) groups is 2. The standard InChI is InChI=1S/C24H30N2O4/c1-6-26-14-16(29-19-10-8-7-9-17(19)26)13-25(5)23(28)22-15(2)21-18(27)11-24(3,4)12-20(21)30-22/h7-10,16H,6,11-14H2,1-5H3/t16-/m0/s1. The van der Waals surface area contributed by atoms with E-state index < -0.39 is 0 Å². The van der Waals surface area contributed by atoms with Crippen molar-refractivity contribution in [1.82, 2.24) is 4.90 Å². The van der Waals surface area contributed by atoms with E-state index in [4.69, 9.17) is 9.15 Å². The number of hydrogen-bond acceptors (Lipinski definition) is 5. The summed E-state index contributed by atoms with van der Waals surface area (Å²) >= 11 is 0. The van der Waals surface area contributed by atoms with Crippen molar-refractivity contribution >= 4 is 17.4 Å². The molecule has 2 aliphatic rings. The molecule has 1 amide bonds. The van der Waals surface area contributed by atoms with E-state index in [1.54, 1.807) is 11.9 Å². The number of fused-ring (bicyclic) bond motifs is 2. The van der Waals surface area contributed by atoms with Crippen LogP contribution in [-0.4, -0.2) is 49.4 Å². The van der Waals surface area contributed by atoms with Gasteiger partial charge < -0.3 is 19.0 Å². The SMILES string of the molecule is CCN1C[C@H](CN(C)C(=O)c2oc3c(c2C)C(=O)CC(C)(C)C3)Oc2ccccc21. The molecule has 0 unspecified atom stereocenters. The van der Waals surface area contributed by atoms with Crippen molar-refractivity contribution in [2.45, 2.75) is 46.6 Å². The van der Waals surface area contributed by atoms with Gasteiger partial charge in [-0.05, 0) is 31.4 Å². The zero-order valence-electron chi connectivity index (χ0n) is 18.4. The molecule has 2 heterocycles. The van der Waals surface area contributed by atoms with Crippen molar-refractivity contribution in [1.29, 1.82) is 0 Å². The number of Topliss-reactive ketones (excluding diaryl/α,β-unsaturated/α-hetero) is 1. The van der Waals surface area contributed by atoms with Crippen molar-refractivity contribution in [2.75, 3.05) is 31.6 Å². The fourth-order valence-electron chi connectivity index (χ4n) is 4.62. The molecule has 4 rings (SSSR count). The van der Waals surface area contributed by atoms with E-state index >= 15 is 0 Å². The molecule has 2 aromatic rings. The van der Waals surface area contributed by atoms with E-state index in [0.717, 1.165) is 18.0 Å². The molecule has 160 valence electrons. The first-order valence-electron chi connectivity index (χ1n) is 10.6. The Morgan fingerprint density at radius 2 is 2.00 bits per heavy atom. The second-order valence-electron chi connectivity index (χ2n) is 9.23. The van der Waals surface area contributed by atoms with Crippen LogP contribution in [0.1, 0.15) is 59.4 Å². The first-order chi connectivity index (χ1) is 14.2. The maximum Gasteiger partial charge on any atom is 0.289 e. The number of likely N-dealkylation sites (N-methyl/N-ethyl adjacent to an activating group) is 2. The molecule has 0 radical (unpaired) electrons. The molecule has 30 heavy (non-hydrogen) atoms. The lowest BCUT2D eigenvalue weighted by atomic mass is 9.76. The number of benzene rings is 1. The van der Waals surface area contributed by atoms with Gasteiger partial charge in [-0.2, -0.15) is 0 Å². The molecule has 1 aromatic heterocycles. The molecule has 6 nitrogen and oxygen atoms in total. The normalized spacial score (nSPS) is 19.7. The summed E-state index contributed by atoms with van der Waals surface area (Å²) in [5, 5.41) is 0. The number of rotatable bonds is 4. The topological polar surface area (TPSA) is 63.0 Å². The molecule has 6 heteroatoms. The molecule has 0 N–H and O–H groups in total. The summed E-state index contributed by atoms with van der Waals surface area (Å²) < 4.78 is 12.1. The Bertz CT molecular complexity index is 991. The number of furan rings is 1. The van der Waals surface area contributed by atoms with Crippen LogP contribution in [0.25, 0.3) is 0 Å². The molecular weight excluding hydrogens is 380 g/mol. The number of ketones is 1. The molecular formula is C24H30N2O4. The van der Waals surface area contributed by atoms with E-state index in [0.29, 0.717) is 42.8 Å². The van der Waals surface area contributed by atoms with E-state index in [1.165, 1.54) is 0 Å². The third-order valence-corrected chi connectivity index (χ3v) is 6.10. The molecule has 0 spiro atoms. The number of ether oxygens (including phenoxy) is 1. The summed E-state index contributed by atoms with van der Waals surface area (Å²) in [6, 6.07) is 7.98. The highest BCUT2D eigenvalue weighted by atomic mass is 16.5. The van der Waals surface area contributed by atoms with Crippen LogP contribution in [0.15, 0.2) is 28.7 Å². The van der Waals surface area contributed by atoms with Crippen LogP contribution in [-0.2, 0) is 6.42 Å². The van der Waals surface area contributed by atoms with Gasteiger partial charge in [0, 0.05) is 32.0 Å². The Balaban J connectivity index is 1.52. The molecule has 1 aliphatic heterocycles. The number of hydrogen-bond donors (Lipinski definition) is 0. The van der Waals surface area contributed by atoms with Crippen LogP contribution in [0.2, 0.25) is 0 Å². The predicted molar refractivity (Wildman–Crippen MR) is 116 cm³/mol. The van der Waals surface area contributed by atoms with E-state index in [2.05, 4.69) is 31.7 Å². The van der Waals surface area contributed by atoms with Gasteiger partial charge in [-0.3, -0.25) is 9.59 Å². The van der Waals surface area contributed by atoms with E-state index in [-0.39, 0.29) is 29.0 Å². The highest BCUT2D eigenvalue weighted by molar-refractivity contribution is 6.03. The second kappa shape index (κ2) is 7.49. The predicted octanol–water partition coefficient (Wildman–Crippen LogP) is 4.10. The van der Waals surface area contributed by atoms with E-state index in [9.17, 15) is 9.59 Å². The van der Waals surface area contributed by atoms with Crippen LogP contribution >= 0.6 is 0 Å². The molecule has 1 atom stereocenters. The number of carbonyl (C=O) groups excluding carboxylic acids is 2. The third kappa shape index (κ3) is 3.59. The Morgan fingerprint density at radius 1 is 1.27 bits per heavy atom. The van der Waals surface area contributed by atoms with Gasteiger partial charge >= 0.3 is 0 Å². The average molecular weight is 411 g/mol. The van der Waals surface area contributed by atoms with Crippen LogP contribution in [0.4, 0.5) is 5.69 Å². The van der Waals surface area contributed by atoms with Gasteiger partial charge in [-0.25, -0.2) is 0 Å². The van der Waals surface area contributed by atoms with Gasteiger partial charge in [-0.1, -0.05) is 26.0 Å². The Morgan fingerprint density at radius 3 is 2.73 bits per heavy atom. The molecule has 0 bridgehead atoms. The fourth-order valence-corrected chi connectivity index (χ4v) is 4.62. The lowest BCUT2D eigenvalue weighted by Gasteiger charge is -2.37. The summed E-state index contributed by atoms with van der Waals surface area (Å²) in [5.74, 6) is 1.62. The van der Waals surface area contributed by atoms with E-state index in [1.807, 2.05) is 25.1 Å². The van der Waals surface area contributed by atoms with Crippen LogP contribution in [0.3, 0.4) is 0 Å². The summed E-state index contributed by atoms with van der Waals surface area (Å²) in [6.07, 6.45) is 1.01. The largest absolute Gasteiger partial charge is 0.485 e. The van der Waals surface area contributed by atoms with Crippen LogP contribution in [0, 0.1) is 12.3 Å². The molecule has 0 fully saturated rings.